The first-order valence-corrected chi connectivity index (χ1v) is 5.69. The normalized spacial score (nSPS) is 13.2. The molecular formula is C12H23NO2. The lowest BCUT2D eigenvalue weighted by molar-refractivity contribution is -0.128. The van der Waals surface area contributed by atoms with E-state index in [1.54, 1.807) is 0 Å². The Morgan fingerprint density at radius 1 is 1.33 bits per heavy atom. The van der Waals surface area contributed by atoms with Gasteiger partial charge in [-0.2, -0.15) is 0 Å². The minimum atomic E-state index is -0.422. The summed E-state index contributed by atoms with van der Waals surface area (Å²) in [4.78, 5) is 10.8. The Hall–Kier alpha value is -0.830. The number of allylic oxidation sites excluding steroid dienone is 2. The molecular weight excluding hydrogens is 190 g/mol. The number of nitrogens with two attached hydrogens (primary N) is 1. The molecule has 0 radical (unpaired) electrons. The summed E-state index contributed by atoms with van der Waals surface area (Å²) < 4.78 is 4.96. The summed E-state index contributed by atoms with van der Waals surface area (Å²) >= 11 is 0. The van der Waals surface area contributed by atoms with Crippen LogP contribution < -0.4 is 5.73 Å². The van der Waals surface area contributed by atoms with Crippen LogP contribution in [0.1, 0.15) is 45.4 Å². The average molecular weight is 213 g/mol. The van der Waals surface area contributed by atoms with Gasteiger partial charge in [-0.25, -0.2) is 0 Å². The molecule has 88 valence electrons. The largest absolute Gasteiger partial charge is 0.372 e. The van der Waals surface area contributed by atoms with Crippen LogP contribution in [0.2, 0.25) is 0 Å². The van der Waals surface area contributed by atoms with Crippen molar-refractivity contribution in [3.8, 4) is 0 Å². The SMILES string of the molecule is CCCC/C=C/CCCC(OC)C(N)=O. The first-order chi connectivity index (χ1) is 7.22. The number of carbonyl (C=O) groups is 1. The lowest BCUT2D eigenvalue weighted by atomic mass is 10.1. The Labute approximate surface area is 92.7 Å². The maximum Gasteiger partial charge on any atom is 0.246 e. The third kappa shape index (κ3) is 8.18. The maximum atomic E-state index is 10.8. The standard InChI is InChI=1S/C12H23NO2/c1-3-4-5-6-7-8-9-10-11(15-2)12(13)14/h6-7,11H,3-5,8-10H2,1-2H3,(H2,13,14)/b7-6+. The third-order valence-electron chi connectivity index (χ3n) is 2.33. The fraction of sp³-hybridized carbons (Fsp3) is 0.750. The van der Waals surface area contributed by atoms with E-state index in [1.807, 2.05) is 0 Å². The zero-order valence-electron chi connectivity index (χ0n) is 9.87. The van der Waals surface area contributed by atoms with E-state index in [4.69, 9.17) is 10.5 Å². The molecule has 0 aliphatic carbocycles. The van der Waals surface area contributed by atoms with Gasteiger partial charge >= 0.3 is 0 Å². The first kappa shape index (κ1) is 14.2. The zero-order chi connectivity index (χ0) is 11.5. The second kappa shape index (κ2) is 9.71. The van der Waals surface area contributed by atoms with E-state index in [0.717, 1.165) is 19.3 Å². The Morgan fingerprint density at radius 2 is 1.93 bits per heavy atom. The van der Waals surface area contributed by atoms with E-state index >= 15 is 0 Å². The molecule has 2 N–H and O–H groups in total. The lowest BCUT2D eigenvalue weighted by Gasteiger charge is -2.09. The number of amides is 1. The third-order valence-corrected chi connectivity index (χ3v) is 2.33. The molecule has 0 saturated carbocycles. The van der Waals surface area contributed by atoms with Crippen molar-refractivity contribution in [3.05, 3.63) is 12.2 Å². The van der Waals surface area contributed by atoms with E-state index in [2.05, 4.69) is 19.1 Å². The van der Waals surface area contributed by atoms with Crippen molar-refractivity contribution >= 4 is 5.91 Å². The van der Waals surface area contributed by atoms with Gasteiger partial charge in [-0.1, -0.05) is 31.9 Å². The molecule has 0 aliphatic heterocycles. The number of rotatable bonds is 9. The van der Waals surface area contributed by atoms with Crippen molar-refractivity contribution in [2.75, 3.05) is 7.11 Å². The summed E-state index contributed by atoms with van der Waals surface area (Å²) in [6.07, 6.45) is 10.2. The first-order valence-electron chi connectivity index (χ1n) is 5.69. The Balaban J connectivity index is 3.44. The summed E-state index contributed by atoms with van der Waals surface area (Å²) in [6.45, 7) is 2.18. The minimum absolute atomic E-state index is 0.368. The predicted molar refractivity (Wildman–Crippen MR) is 62.5 cm³/mol. The summed E-state index contributed by atoms with van der Waals surface area (Å²) in [5, 5.41) is 0. The minimum Gasteiger partial charge on any atom is -0.372 e. The molecule has 3 nitrogen and oxygen atoms in total. The second-order valence-electron chi connectivity index (χ2n) is 3.67. The number of unbranched alkanes of at least 4 members (excludes halogenated alkanes) is 3. The predicted octanol–water partition coefficient (Wildman–Crippen LogP) is 2.40. The van der Waals surface area contributed by atoms with Gasteiger partial charge in [-0.15, -0.1) is 0 Å². The van der Waals surface area contributed by atoms with Gasteiger partial charge in [0, 0.05) is 7.11 Å². The molecule has 0 aromatic carbocycles. The highest BCUT2D eigenvalue weighted by Gasteiger charge is 2.12. The molecule has 0 aromatic rings. The molecule has 0 rings (SSSR count). The van der Waals surface area contributed by atoms with Crippen molar-refractivity contribution in [2.24, 2.45) is 5.73 Å². The van der Waals surface area contributed by atoms with Crippen LogP contribution in [0, 0.1) is 0 Å². The summed E-state index contributed by atoms with van der Waals surface area (Å²) in [5.74, 6) is -0.368. The van der Waals surface area contributed by atoms with Crippen LogP contribution in [0.5, 0.6) is 0 Å². The van der Waals surface area contributed by atoms with Crippen LogP contribution in [-0.4, -0.2) is 19.1 Å². The van der Waals surface area contributed by atoms with Crippen LogP contribution in [0.4, 0.5) is 0 Å². The summed E-state index contributed by atoms with van der Waals surface area (Å²) in [5.41, 5.74) is 5.15. The van der Waals surface area contributed by atoms with Crippen molar-refractivity contribution in [2.45, 2.75) is 51.6 Å². The van der Waals surface area contributed by atoms with Gasteiger partial charge in [-0.3, -0.25) is 4.79 Å². The Kier molecular flexibility index (Phi) is 9.18. The van der Waals surface area contributed by atoms with Gasteiger partial charge in [0.05, 0.1) is 0 Å². The lowest BCUT2D eigenvalue weighted by Crippen LogP contribution is -2.29. The second-order valence-corrected chi connectivity index (χ2v) is 3.67. The molecule has 1 unspecified atom stereocenters. The average Bonchev–Trinajstić information content (AvgIpc) is 2.21. The number of hydrogen-bond acceptors (Lipinski definition) is 2. The van der Waals surface area contributed by atoms with E-state index in [-0.39, 0.29) is 5.91 Å². The molecule has 0 aromatic heterocycles. The van der Waals surface area contributed by atoms with Gasteiger partial charge in [0.15, 0.2) is 0 Å². The molecule has 0 saturated heterocycles. The van der Waals surface area contributed by atoms with Crippen LogP contribution in [0.3, 0.4) is 0 Å². The fourth-order valence-electron chi connectivity index (χ4n) is 1.36. The highest BCUT2D eigenvalue weighted by Crippen LogP contribution is 2.05. The maximum absolute atomic E-state index is 10.8. The quantitative estimate of drug-likeness (QED) is 0.472. The number of ether oxygens (including phenoxy) is 1. The van der Waals surface area contributed by atoms with Crippen LogP contribution in [-0.2, 0) is 9.53 Å². The highest BCUT2D eigenvalue weighted by molar-refractivity contribution is 5.78. The van der Waals surface area contributed by atoms with E-state index < -0.39 is 6.10 Å². The van der Waals surface area contributed by atoms with Gasteiger partial charge in [0.2, 0.25) is 5.91 Å². The van der Waals surface area contributed by atoms with Crippen molar-refractivity contribution in [3.63, 3.8) is 0 Å². The van der Waals surface area contributed by atoms with Crippen molar-refractivity contribution in [1.82, 2.24) is 0 Å². The molecule has 0 heterocycles. The zero-order valence-corrected chi connectivity index (χ0v) is 9.87. The fourth-order valence-corrected chi connectivity index (χ4v) is 1.36. The number of primary amides is 1. The van der Waals surface area contributed by atoms with Crippen LogP contribution in [0.15, 0.2) is 12.2 Å². The van der Waals surface area contributed by atoms with Gasteiger partial charge in [0.1, 0.15) is 6.10 Å². The van der Waals surface area contributed by atoms with Gasteiger partial charge < -0.3 is 10.5 Å². The summed E-state index contributed by atoms with van der Waals surface area (Å²) in [7, 11) is 1.52. The van der Waals surface area contributed by atoms with Gasteiger partial charge in [0.25, 0.3) is 0 Å². The van der Waals surface area contributed by atoms with E-state index in [0.29, 0.717) is 6.42 Å². The van der Waals surface area contributed by atoms with Crippen LogP contribution >= 0.6 is 0 Å². The Bertz CT molecular complexity index is 190. The summed E-state index contributed by atoms with van der Waals surface area (Å²) in [6, 6.07) is 0. The van der Waals surface area contributed by atoms with Crippen molar-refractivity contribution in [1.29, 1.82) is 0 Å². The molecule has 1 atom stereocenters. The molecule has 0 bridgehead atoms. The number of carbonyl (C=O) groups excluding carboxylic acids is 1. The molecule has 0 spiro atoms. The molecule has 0 fully saturated rings. The number of methoxy groups -OCH3 is 1. The molecule has 1 amide bonds. The Morgan fingerprint density at radius 3 is 2.40 bits per heavy atom. The highest BCUT2D eigenvalue weighted by atomic mass is 16.5. The molecule has 3 heteroatoms. The smallest absolute Gasteiger partial charge is 0.246 e. The molecule has 0 aliphatic rings. The molecule has 15 heavy (non-hydrogen) atoms. The number of hydrogen-bond donors (Lipinski definition) is 1. The van der Waals surface area contributed by atoms with E-state index in [1.165, 1.54) is 20.0 Å². The topological polar surface area (TPSA) is 52.3 Å². The van der Waals surface area contributed by atoms with Gasteiger partial charge in [-0.05, 0) is 25.7 Å². The monoisotopic (exact) mass is 213 g/mol. The van der Waals surface area contributed by atoms with Crippen LogP contribution in [0.25, 0.3) is 0 Å². The van der Waals surface area contributed by atoms with E-state index in [9.17, 15) is 4.79 Å². The van der Waals surface area contributed by atoms with Crippen molar-refractivity contribution < 1.29 is 9.53 Å².